The Bertz CT molecular complexity index is 644. The third-order valence-corrected chi connectivity index (χ3v) is 3.42. The number of hydrogen-bond acceptors (Lipinski definition) is 3. The van der Waals surface area contributed by atoms with Crippen LogP contribution in [0.15, 0.2) is 18.2 Å². The van der Waals surface area contributed by atoms with E-state index in [1.54, 1.807) is 11.9 Å². The van der Waals surface area contributed by atoms with Crippen molar-refractivity contribution in [1.82, 2.24) is 10.2 Å². The number of aromatic amines is 1. The Hall–Kier alpha value is -2.30. The number of likely N-dealkylation sites (N-methyl/N-ethyl adjacent to an activating group) is 1. The Morgan fingerprint density at radius 3 is 2.89 bits per heavy atom. The molecule has 3 rings (SSSR count). The molecule has 3 N–H and O–H groups in total. The molecule has 0 saturated carbocycles. The predicted octanol–water partition coefficient (Wildman–Crippen LogP) is 1.49. The number of carbonyl (C=O) groups excluding carboxylic acids is 1. The first-order valence-corrected chi connectivity index (χ1v) is 5.78. The van der Waals surface area contributed by atoms with Crippen LogP contribution in [0.3, 0.4) is 0 Å². The average Bonchev–Trinajstić information content (AvgIpc) is 2.82. The van der Waals surface area contributed by atoms with Crippen molar-refractivity contribution in [3.05, 3.63) is 29.5 Å². The van der Waals surface area contributed by atoms with Gasteiger partial charge < -0.3 is 10.6 Å². The van der Waals surface area contributed by atoms with Gasteiger partial charge in [-0.05, 0) is 24.6 Å². The molecule has 0 atom stereocenters. The molecular weight excluding hydrogens is 228 g/mol. The predicted molar refractivity (Wildman–Crippen MR) is 70.3 cm³/mol. The lowest BCUT2D eigenvalue weighted by molar-refractivity contribution is -0.117. The minimum Gasteiger partial charge on any atom is -0.395 e. The van der Waals surface area contributed by atoms with E-state index in [2.05, 4.69) is 10.2 Å². The number of nitrogens with two attached hydrogens (primary N) is 1. The SMILES string of the molecule is Cc1[nH]nc(-c2ccc3c(c2)CC(=O)N3C)c1N. The summed E-state index contributed by atoms with van der Waals surface area (Å²) in [6, 6.07) is 5.88. The number of carbonyl (C=O) groups is 1. The van der Waals surface area contributed by atoms with E-state index in [9.17, 15) is 4.79 Å². The van der Waals surface area contributed by atoms with Crippen LogP contribution in [-0.4, -0.2) is 23.2 Å². The first kappa shape index (κ1) is 10.8. The molecule has 92 valence electrons. The molecule has 0 radical (unpaired) electrons. The number of H-pyrrole nitrogens is 1. The van der Waals surface area contributed by atoms with E-state index in [0.717, 1.165) is 28.2 Å². The molecule has 1 aliphatic heterocycles. The van der Waals surface area contributed by atoms with Gasteiger partial charge in [-0.25, -0.2) is 0 Å². The van der Waals surface area contributed by atoms with Crippen LogP contribution in [-0.2, 0) is 11.2 Å². The second-order valence-corrected chi connectivity index (χ2v) is 4.58. The molecule has 0 saturated heterocycles. The monoisotopic (exact) mass is 242 g/mol. The minimum absolute atomic E-state index is 0.119. The number of nitrogens with zero attached hydrogens (tertiary/aromatic N) is 2. The molecule has 2 aromatic rings. The number of benzene rings is 1. The molecule has 0 bridgehead atoms. The molecule has 0 unspecified atom stereocenters. The Balaban J connectivity index is 2.10. The van der Waals surface area contributed by atoms with Crippen molar-refractivity contribution < 1.29 is 4.79 Å². The highest BCUT2D eigenvalue weighted by Crippen LogP contribution is 2.33. The third kappa shape index (κ3) is 1.40. The Morgan fingerprint density at radius 2 is 2.22 bits per heavy atom. The molecule has 1 aromatic carbocycles. The highest BCUT2D eigenvalue weighted by atomic mass is 16.2. The molecule has 0 fully saturated rings. The van der Waals surface area contributed by atoms with Crippen molar-refractivity contribution in [1.29, 1.82) is 0 Å². The van der Waals surface area contributed by atoms with Crippen LogP contribution in [0.25, 0.3) is 11.3 Å². The summed E-state index contributed by atoms with van der Waals surface area (Å²) in [6.45, 7) is 1.89. The van der Waals surface area contributed by atoms with Crippen LogP contribution >= 0.6 is 0 Å². The molecule has 0 aliphatic carbocycles. The topological polar surface area (TPSA) is 75.0 Å². The van der Waals surface area contributed by atoms with Crippen LogP contribution in [0.1, 0.15) is 11.3 Å². The van der Waals surface area contributed by atoms with Gasteiger partial charge in [-0.2, -0.15) is 5.10 Å². The minimum atomic E-state index is 0.119. The summed E-state index contributed by atoms with van der Waals surface area (Å²) in [7, 11) is 1.79. The zero-order chi connectivity index (χ0) is 12.9. The number of aromatic nitrogens is 2. The van der Waals surface area contributed by atoms with Crippen LogP contribution in [0.5, 0.6) is 0 Å². The summed E-state index contributed by atoms with van der Waals surface area (Å²) in [5, 5.41) is 7.07. The summed E-state index contributed by atoms with van der Waals surface area (Å²) >= 11 is 0. The smallest absolute Gasteiger partial charge is 0.231 e. The first-order valence-electron chi connectivity index (χ1n) is 5.78. The van der Waals surface area contributed by atoms with E-state index >= 15 is 0 Å². The van der Waals surface area contributed by atoms with E-state index in [-0.39, 0.29) is 5.91 Å². The second-order valence-electron chi connectivity index (χ2n) is 4.58. The van der Waals surface area contributed by atoms with Gasteiger partial charge in [0.2, 0.25) is 5.91 Å². The fraction of sp³-hybridized carbons (Fsp3) is 0.231. The van der Waals surface area contributed by atoms with E-state index < -0.39 is 0 Å². The van der Waals surface area contributed by atoms with Crippen LogP contribution in [0.4, 0.5) is 11.4 Å². The molecule has 0 spiro atoms. The maximum atomic E-state index is 11.6. The Labute approximate surface area is 105 Å². The Morgan fingerprint density at radius 1 is 1.44 bits per heavy atom. The van der Waals surface area contributed by atoms with Crippen molar-refractivity contribution in [2.75, 3.05) is 17.7 Å². The van der Waals surface area contributed by atoms with E-state index in [0.29, 0.717) is 12.1 Å². The van der Waals surface area contributed by atoms with Gasteiger partial charge in [0.1, 0.15) is 5.69 Å². The summed E-state index contributed by atoms with van der Waals surface area (Å²) in [5.41, 5.74) is 11.2. The van der Waals surface area contributed by atoms with E-state index in [4.69, 9.17) is 5.73 Å². The van der Waals surface area contributed by atoms with Crippen LogP contribution < -0.4 is 10.6 Å². The molecule has 5 heteroatoms. The molecular formula is C13H14N4O. The number of rotatable bonds is 1. The van der Waals surface area contributed by atoms with Gasteiger partial charge >= 0.3 is 0 Å². The number of nitrogens with one attached hydrogen (secondary N) is 1. The lowest BCUT2D eigenvalue weighted by Crippen LogP contribution is -2.20. The second kappa shape index (κ2) is 3.60. The van der Waals surface area contributed by atoms with Gasteiger partial charge in [0, 0.05) is 18.3 Å². The molecule has 5 nitrogen and oxygen atoms in total. The number of nitrogen functional groups attached to an aromatic ring is 1. The molecule has 18 heavy (non-hydrogen) atoms. The molecule has 2 heterocycles. The maximum absolute atomic E-state index is 11.6. The van der Waals surface area contributed by atoms with Gasteiger partial charge in [0.05, 0.1) is 17.8 Å². The summed E-state index contributed by atoms with van der Waals surface area (Å²) in [4.78, 5) is 13.3. The van der Waals surface area contributed by atoms with Gasteiger partial charge in [-0.15, -0.1) is 0 Å². The summed E-state index contributed by atoms with van der Waals surface area (Å²) in [6.07, 6.45) is 0.447. The average molecular weight is 242 g/mol. The lowest BCUT2D eigenvalue weighted by atomic mass is 10.0. The van der Waals surface area contributed by atoms with Crippen molar-refractivity contribution in [3.8, 4) is 11.3 Å². The highest BCUT2D eigenvalue weighted by molar-refractivity contribution is 6.01. The first-order chi connectivity index (χ1) is 8.58. The standard InChI is InChI=1S/C13H14N4O/c1-7-12(14)13(16-15-7)8-3-4-10-9(5-8)6-11(18)17(10)2/h3-5H,6,14H2,1-2H3,(H,15,16). The van der Waals surface area contributed by atoms with Crippen LogP contribution in [0, 0.1) is 6.92 Å². The quantitative estimate of drug-likeness (QED) is 0.795. The maximum Gasteiger partial charge on any atom is 0.231 e. The van der Waals surface area contributed by atoms with Crippen molar-refractivity contribution in [2.24, 2.45) is 0 Å². The summed E-state index contributed by atoms with van der Waals surface area (Å²) < 4.78 is 0. The molecule has 1 aromatic heterocycles. The van der Waals surface area contributed by atoms with E-state index in [1.165, 1.54) is 0 Å². The number of anilines is 2. The number of amides is 1. The molecule has 1 aliphatic rings. The fourth-order valence-corrected chi connectivity index (χ4v) is 2.28. The zero-order valence-electron chi connectivity index (χ0n) is 10.3. The Kier molecular flexibility index (Phi) is 2.16. The lowest BCUT2D eigenvalue weighted by Gasteiger charge is -2.10. The van der Waals surface area contributed by atoms with Gasteiger partial charge in [0.15, 0.2) is 0 Å². The normalized spacial score (nSPS) is 14.1. The number of hydrogen-bond donors (Lipinski definition) is 2. The van der Waals surface area contributed by atoms with Crippen molar-refractivity contribution >= 4 is 17.3 Å². The number of aryl methyl sites for hydroxylation is 1. The van der Waals surface area contributed by atoms with Crippen LogP contribution in [0.2, 0.25) is 0 Å². The fourth-order valence-electron chi connectivity index (χ4n) is 2.28. The largest absolute Gasteiger partial charge is 0.395 e. The van der Waals surface area contributed by atoms with E-state index in [1.807, 2.05) is 25.1 Å². The number of fused-ring (bicyclic) bond motifs is 1. The van der Waals surface area contributed by atoms with Gasteiger partial charge in [-0.3, -0.25) is 9.89 Å². The third-order valence-electron chi connectivity index (χ3n) is 3.42. The highest BCUT2D eigenvalue weighted by Gasteiger charge is 2.24. The molecule has 1 amide bonds. The van der Waals surface area contributed by atoms with Gasteiger partial charge in [-0.1, -0.05) is 6.07 Å². The summed E-state index contributed by atoms with van der Waals surface area (Å²) in [5.74, 6) is 0.119. The van der Waals surface area contributed by atoms with Gasteiger partial charge in [0.25, 0.3) is 0 Å². The zero-order valence-corrected chi connectivity index (χ0v) is 10.3. The van der Waals surface area contributed by atoms with Crippen molar-refractivity contribution in [3.63, 3.8) is 0 Å². The van der Waals surface area contributed by atoms with Crippen molar-refractivity contribution in [2.45, 2.75) is 13.3 Å².